The molecule has 0 aliphatic heterocycles. The molecule has 4 nitrogen and oxygen atoms in total. The van der Waals surface area contributed by atoms with Gasteiger partial charge in [-0.2, -0.15) is 0 Å². The third-order valence-electron chi connectivity index (χ3n) is 5.08. The minimum Gasteiger partial charge on any atom is -0.357 e. The molecule has 2 aromatic carbocycles. The smallest absolute Gasteiger partial charge is 0.246 e. The molecular formula is C20H19F3N2O2. The van der Waals surface area contributed by atoms with Crippen LogP contribution in [-0.4, -0.2) is 18.9 Å². The molecule has 0 radical (unpaired) electrons. The maximum Gasteiger partial charge on any atom is 0.246 e. The molecule has 1 aliphatic rings. The topological polar surface area (TPSA) is 58.2 Å². The molecule has 0 spiro atoms. The Balaban J connectivity index is 1.92. The Bertz CT molecular complexity index is 881. The molecule has 0 aromatic heterocycles. The number of carbonyl (C=O) groups is 2. The minimum absolute atomic E-state index is 0.121. The van der Waals surface area contributed by atoms with Gasteiger partial charge in [0, 0.05) is 7.05 Å². The minimum atomic E-state index is -1.19. The number of benzene rings is 2. The highest BCUT2D eigenvalue weighted by Gasteiger charge is 2.46. The van der Waals surface area contributed by atoms with Crippen molar-refractivity contribution in [2.75, 3.05) is 7.05 Å². The van der Waals surface area contributed by atoms with Gasteiger partial charge in [0.2, 0.25) is 11.8 Å². The molecular weight excluding hydrogens is 357 g/mol. The maximum atomic E-state index is 13.6. The maximum absolute atomic E-state index is 13.6. The van der Waals surface area contributed by atoms with E-state index in [1.807, 2.05) is 0 Å². The van der Waals surface area contributed by atoms with Crippen LogP contribution in [0, 0.1) is 17.5 Å². The van der Waals surface area contributed by atoms with Crippen molar-refractivity contribution in [2.45, 2.75) is 30.7 Å². The standard InChI is InChI=1S/C20H19F3N2O2/c1-24-18(26)17(12-6-7-15(22)16(23)10-12)25-19(27)20(8-3-9-20)13-4-2-5-14(21)11-13/h2,4-7,10-11,17H,3,8-9H2,1H3,(H,24,26)(H,25,27). The van der Waals surface area contributed by atoms with Crippen molar-refractivity contribution in [3.63, 3.8) is 0 Å². The van der Waals surface area contributed by atoms with Crippen LogP contribution in [0.25, 0.3) is 0 Å². The predicted molar refractivity (Wildman–Crippen MR) is 93.2 cm³/mol. The number of hydrogen-bond acceptors (Lipinski definition) is 2. The van der Waals surface area contributed by atoms with Gasteiger partial charge in [-0.25, -0.2) is 13.2 Å². The SMILES string of the molecule is CNC(=O)C(NC(=O)C1(c2cccc(F)c2)CCC1)c1ccc(F)c(F)c1. The fourth-order valence-corrected chi connectivity index (χ4v) is 3.37. The van der Waals surface area contributed by atoms with Crippen LogP contribution in [0.1, 0.15) is 36.4 Å². The molecule has 0 saturated heterocycles. The normalized spacial score (nSPS) is 16.1. The van der Waals surface area contributed by atoms with Crippen LogP contribution in [0.3, 0.4) is 0 Å². The first-order valence-electron chi connectivity index (χ1n) is 8.61. The third kappa shape index (κ3) is 3.54. The first-order valence-corrected chi connectivity index (χ1v) is 8.61. The van der Waals surface area contributed by atoms with Gasteiger partial charge < -0.3 is 10.6 Å². The molecule has 2 aromatic rings. The molecule has 1 saturated carbocycles. The monoisotopic (exact) mass is 376 g/mol. The molecule has 1 fully saturated rings. The molecule has 142 valence electrons. The Kier molecular flexibility index (Phi) is 5.21. The van der Waals surface area contributed by atoms with Crippen molar-refractivity contribution in [3.8, 4) is 0 Å². The van der Waals surface area contributed by atoms with Crippen molar-refractivity contribution >= 4 is 11.8 Å². The van der Waals surface area contributed by atoms with Crippen LogP contribution >= 0.6 is 0 Å². The molecule has 1 aliphatic carbocycles. The highest BCUT2D eigenvalue weighted by molar-refractivity contribution is 5.94. The first-order chi connectivity index (χ1) is 12.9. The second-order valence-electron chi connectivity index (χ2n) is 6.64. The van der Waals surface area contributed by atoms with E-state index in [1.165, 1.54) is 31.3 Å². The summed E-state index contributed by atoms with van der Waals surface area (Å²) in [4.78, 5) is 25.3. The van der Waals surface area contributed by atoms with Gasteiger partial charge >= 0.3 is 0 Å². The van der Waals surface area contributed by atoms with Crippen LogP contribution in [0.4, 0.5) is 13.2 Å². The molecule has 0 bridgehead atoms. The number of halogens is 3. The molecule has 1 atom stereocenters. The van der Waals surface area contributed by atoms with E-state index in [-0.39, 0.29) is 5.56 Å². The van der Waals surface area contributed by atoms with Crippen LogP contribution in [0.2, 0.25) is 0 Å². The fraction of sp³-hybridized carbons (Fsp3) is 0.300. The molecule has 3 rings (SSSR count). The summed E-state index contributed by atoms with van der Waals surface area (Å²) in [6, 6.07) is 7.65. The van der Waals surface area contributed by atoms with Crippen LogP contribution in [0.5, 0.6) is 0 Å². The van der Waals surface area contributed by atoms with Gasteiger partial charge in [0.15, 0.2) is 11.6 Å². The zero-order chi connectivity index (χ0) is 19.6. The predicted octanol–water partition coefficient (Wildman–Crippen LogP) is 3.13. The van der Waals surface area contributed by atoms with Crippen molar-refractivity contribution in [1.82, 2.24) is 10.6 Å². The molecule has 2 N–H and O–H groups in total. The third-order valence-corrected chi connectivity index (χ3v) is 5.08. The van der Waals surface area contributed by atoms with Gasteiger partial charge in [-0.1, -0.05) is 24.6 Å². The van der Waals surface area contributed by atoms with E-state index in [1.54, 1.807) is 6.07 Å². The summed E-state index contributed by atoms with van der Waals surface area (Å²) in [6.45, 7) is 0. The molecule has 7 heteroatoms. The summed E-state index contributed by atoms with van der Waals surface area (Å²) in [5, 5.41) is 5.04. The van der Waals surface area contributed by atoms with E-state index in [2.05, 4.69) is 10.6 Å². The summed E-state index contributed by atoms with van der Waals surface area (Å²) < 4.78 is 40.5. The largest absolute Gasteiger partial charge is 0.357 e. The summed E-state index contributed by atoms with van der Waals surface area (Å²) in [7, 11) is 1.38. The van der Waals surface area contributed by atoms with Crippen molar-refractivity contribution in [3.05, 3.63) is 71.0 Å². The molecule has 0 heterocycles. The lowest BCUT2D eigenvalue weighted by Gasteiger charge is -2.41. The average molecular weight is 376 g/mol. The van der Waals surface area contributed by atoms with E-state index in [0.29, 0.717) is 18.4 Å². The molecule has 1 unspecified atom stereocenters. The lowest BCUT2D eigenvalue weighted by Crippen LogP contribution is -2.52. The van der Waals surface area contributed by atoms with Gasteiger partial charge in [-0.15, -0.1) is 0 Å². The Morgan fingerprint density at radius 2 is 1.78 bits per heavy atom. The average Bonchev–Trinajstić information content (AvgIpc) is 2.60. The van der Waals surface area contributed by atoms with E-state index in [4.69, 9.17) is 0 Å². The van der Waals surface area contributed by atoms with Crippen molar-refractivity contribution in [2.24, 2.45) is 0 Å². The summed E-state index contributed by atoms with van der Waals surface area (Å²) in [6.07, 6.45) is 1.82. The van der Waals surface area contributed by atoms with Crippen molar-refractivity contribution < 1.29 is 22.8 Å². The second-order valence-corrected chi connectivity index (χ2v) is 6.64. The van der Waals surface area contributed by atoms with Crippen LogP contribution in [0.15, 0.2) is 42.5 Å². The van der Waals surface area contributed by atoms with E-state index in [9.17, 15) is 22.8 Å². The number of carbonyl (C=O) groups excluding carboxylic acids is 2. The highest BCUT2D eigenvalue weighted by atomic mass is 19.2. The number of hydrogen-bond donors (Lipinski definition) is 2. The lowest BCUT2D eigenvalue weighted by molar-refractivity contribution is -0.134. The zero-order valence-electron chi connectivity index (χ0n) is 14.7. The van der Waals surface area contributed by atoms with E-state index < -0.39 is 40.7 Å². The van der Waals surface area contributed by atoms with Crippen molar-refractivity contribution in [1.29, 1.82) is 0 Å². The molecule has 27 heavy (non-hydrogen) atoms. The summed E-state index contributed by atoms with van der Waals surface area (Å²) in [5.41, 5.74) is -0.282. The molecule has 2 amide bonds. The Labute approximate surface area is 154 Å². The zero-order valence-corrected chi connectivity index (χ0v) is 14.7. The van der Waals surface area contributed by atoms with Gasteiger partial charge in [0.1, 0.15) is 11.9 Å². The number of rotatable bonds is 5. The Morgan fingerprint density at radius 1 is 1.04 bits per heavy atom. The second kappa shape index (κ2) is 7.42. The number of nitrogens with one attached hydrogen (secondary N) is 2. The first kappa shape index (κ1) is 18.9. The number of amides is 2. The Hall–Kier alpha value is -2.83. The van der Waals surface area contributed by atoms with E-state index in [0.717, 1.165) is 18.6 Å². The quantitative estimate of drug-likeness (QED) is 0.842. The van der Waals surface area contributed by atoms with Crippen LogP contribution < -0.4 is 10.6 Å². The van der Waals surface area contributed by atoms with Crippen LogP contribution in [-0.2, 0) is 15.0 Å². The number of likely N-dealkylation sites (N-methyl/N-ethyl adjacent to an activating group) is 1. The van der Waals surface area contributed by atoms with Gasteiger partial charge in [0.25, 0.3) is 0 Å². The fourth-order valence-electron chi connectivity index (χ4n) is 3.37. The highest BCUT2D eigenvalue weighted by Crippen LogP contribution is 2.44. The Morgan fingerprint density at radius 3 is 2.33 bits per heavy atom. The van der Waals surface area contributed by atoms with E-state index >= 15 is 0 Å². The van der Waals surface area contributed by atoms with Gasteiger partial charge in [-0.3, -0.25) is 9.59 Å². The van der Waals surface area contributed by atoms with Gasteiger partial charge in [-0.05, 0) is 48.2 Å². The van der Waals surface area contributed by atoms with Gasteiger partial charge in [0.05, 0.1) is 5.41 Å². The lowest BCUT2D eigenvalue weighted by atomic mass is 9.63. The summed E-state index contributed by atoms with van der Waals surface area (Å²) in [5.74, 6) is -3.62. The summed E-state index contributed by atoms with van der Waals surface area (Å²) >= 11 is 0.